The van der Waals surface area contributed by atoms with Crippen molar-refractivity contribution in [2.24, 2.45) is 0 Å². The highest BCUT2D eigenvalue weighted by molar-refractivity contribution is 9.10. The van der Waals surface area contributed by atoms with Crippen LogP contribution in [0, 0.1) is 0 Å². The van der Waals surface area contributed by atoms with Gasteiger partial charge in [-0.25, -0.2) is 4.79 Å². The lowest BCUT2D eigenvalue weighted by molar-refractivity contribution is -0.121. The van der Waals surface area contributed by atoms with Gasteiger partial charge in [0.25, 0.3) is 0 Å². The average molecular weight is 375 g/mol. The van der Waals surface area contributed by atoms with Gasteiger partial charge in [-0.15, -0.1) is 0 Å². The Bertz CT molecular complexity index is 898. The molecule has 118 valence electrons. The molecule has 0 bridgehead atoms. The van der Waals surface area contributed by atoms with Crippen LogP contribution in [0.4, 0.5) is 0 Å². The number of amides is 1. The number of aryl methyl sites for hydroxylation is 1. The number of halogens is 1. The molecule has 3 aromatic rings. The van der Waals surface area contributed by atoms with Gasteiger partial charge in [0, 0.05) is 24.0 Å². The molecule has 2 aromatic carbocycles. The predicted molar refractivity (Wildman–Crippen MR) is 91.1 cm³/mol. The predicted octanol–water partition coefficient (Wildman–Crippen LogP) is 3.06. The Kier molecular flexibility index (Phi) is 4.62. The molecule has 0 saturated heterocycles. The number of nitrogens with zero attached hydrogens (tertiary/aromatic N) is 1. The maximum absolute atomic E-state index is 12.0. The standard InChI is InChI=1S/C17H15BrN2O3/c18-13-5-3-4-12(10-13)11-19-16(21)8-9-20-14-6-1-2-7-15(14)23-17(20)22/h1-7,10H,8-9,11H2,(H,19,21). The summed E-state index contributed by atoms with van der Waals surface area (Å²) >= 11 is 3.40. The third kappa shape index (κ3) is 3.71. The SMILES string of the molecule is O=C(CCn1c(=O)oc2ccccc21)NCc1cccc(Br)c1. The lowest BCUT2D eigenvalue weighted by atomic mass is 10.2. The number of fused-ring (bicyclic) bond motifs is 1. The zero-order chi connectivity index (χ0) is 16.2. The summed E-state index contributed by atoms with van der Waals surface area (Å²) in [5, 5.41) is 2.85. The summed E-state index contributed by atoms with van der Waals surface area (Å²) in [7, 11) is 0. The molecule has 0 atom stereocenters. The number of para-hydroxylation sites is 2. The van der Waals surface area contributed by atoms with Crippen molar-refractivity contribution < 1.29 is 9.21 Å². The third-order valence-corrected chi connectivity index (χ3v) is 4.01. The molecule has 0 aliphatic heterocycles. The smallest absolute Gasteiger partial charge is 0.408 e. The normalized spacial score (nSPS) is 10.8. The molecule has 1 N–H and O–H groups in total. The quantitative estimate of drug-likeness (QED) is 0.746. The molecule has 0 radical (unpaired) electrons. The van der Waals surface area contributed by atoms with Gasteiger partial charge in [0.2, 0.25) is 5.91 Å². The molecule has 5 nitrogen and oxygen atoms in total. The molecular formula is C17H15BrN2O3. The number of nitrogens with one attached hydrogen (secondary N) is 1. The van der Waals surface area contributed by atoms with E-state index in [-0.39, 0.29) is 12.3 Å². The van der Waals surface area contributed by atoms with Gasteiger partial charge in [-0.05, 0) is 29.8 Å². The monoisotopic (exact) mass is 374 g/mol. The fourth-order valence-electron chi connectivity index (χ4n) is 2.38. The van der Waals surface area contributed by atoms with Gasteiger partial charge in [0.15, 0.2) is 5.58 Å². The summed E-state index contributed by atoms with van der Waals surface area (Å²) < 4.78 is 7.60. The number of hydrogen-bond acceptors (Lipinski definition) is 3. The van der Waals surface area contributed by atoms with Crippen LogP contribution in [0.1, 0.15) is 12.0 Å². The second kappa shape index (κ2) is 6.83. The van der Waals surface area contributed by atoms with Gasteiger partial charge in [-0.1, -0.05) is 40.2 Å². The van der Waals surface area contributed by atoms with E-state index in [0.717, 1.165) is 10.0 Å². The number of carbonyl (C=O) groups is 1. The molecule has 3 rings (SSSR count). The van der Waals surface area contributed by atoms with Crippen LogP contribution in [0.5, 0.6) is 0 Å². The van der Waals surface area contributed by atoms with Crippen LogP contribution in [0.2, 0.25) is 0 Å². The van der Waals surface area contributed by atoms with Crippen molar-refractivity contribution >= 4 is 32.9 Å². The number of benzene rings is 2. The van der Waals surface area contributed by atoms with Crippen LogP contribution in [0.15, 0.2) is 62.2 Å². The molecule has 0 saturated carbocycles. The van der Waals surface area contributed by atoms with Gasteiger partial charge in [0.1, 0.15) is 0 Å². The van der Waals surface area contributed by atoms with E-state index in [1.54, 1.807) is 18.2 Å². The Morgan fingerprint density at radius 2 is 2.00 bits per heavy atom. The van der Waals surface area contributed by atoms with E-state index in [1.165, 1.54) is 4.57 Å². The lowest BCUT2D eigenvalue weighted by Crippen LogP contribution is -2.25. The fraction of sp³-hybridized carbons (Fsp3) is 0.176. The van der Waals surface area contributed by atoms with E-state index < -0.39 is 5.76 Å². The van der Waals surface area contributed by atoms with Crippen LogP contribution < -0.4 is 11.1 Å². The van der Waals surface area contributed by atoms with Gasteiger partial charge in [0.05, 0.1) is 5.52 Å². The minimum absolute atomic E-state index is 0.109. The van der Waals surface area contributed by atoms with E-state index in [0.29, 0.717) is 24.2 Å². The van der Waals surface area contributed by atoms with Crippen molar-refractivity contribution in [3.05, 3.63) is 69.1 Å². The Morgan fingerprint density at radius 3 is 2.83 bits per heavy atom. The maximum atomic E-state index is 12.0. The Hall–Kier alpha value is -2.34. The number of carbonyl (C=O) groups excluding carboxylic acids is 1. The first-order valence-electron chi connectivity index (χ1n) is 7.23. The van der Waals surface area contributed by atoms with E-state index in [9.17, 15) is 9.59 Å². The second-order valence-electron chi connectivity index (χ2n) is 5.14. The van der Waals surface area contributed by atoms with Gasteiger partial charge >= 0.3 is 5.76 Å². The van der Waals surface area contributed by atoms with E-state index >= 15 is 0 Å². The van der Waals surface area contributed by atoms with E-state index in [1.807, 2.05) is 30.3 Å². The topological polar surface area (TPSA) is 64.2 Å². The highest BCUT2D eigenvalue weighted by Gasteiger charge is 2.10. The summed E-state index contributed by atoms with van der Waals surface area (Å²) in [6.07, 6.45) is 0.220. The van der Waals surface area contributed by atoms with Crippen LogP contribution in [-0.2, 0) is 17.9 Å². The molecule has 0 spiro atoms. The number of aromatic nitrogens is 1. The average Bonchev–Trinajstić information content (AvgIpc) is 2.86. The molecular weight excluding hydrogens is 360 g/mol. The minimum atomic E-state index is -0.439. The second-order valence-corrected chi connectivity index (χ2v) is 6.06. The summed E-state index contributed by atoms with van der Waals surface area (Å²) in [5.41, 5.74) is 2.25. The van der Waals surface area contributed by atoms with Crippen molar-refractivity contribution in [3.63, 3.8) is 0 Å². The first-order valence-corrected chi connectivity index (χ1v) is 8.02. The maximum Gasteiger partial charge on any atom is 0.419 e. The number of hydrogen-bond donors (Lipinski definition) is 1. The fourth-order valence-corrected chi connectivity index (χ4v) is 2.82. The molecule has 0 aliphatic rings. The van der Waals surface area contributed by atoms with Gasteiger partial charge < -0.3 is 9.73 Å². The van der Waals surface area contributed by atoms with Crippen LogP contribution in [0.25, 0.3) is 11.1 Å². The molecule has 1 aromatic heterocycles. The molecule has 0 fully saturated rings. The largest absolute Gasteiger partial charge is 0.419 e. The summed E-state index contributed by atoms with van der Waals surface area (Å²) in [6, 6.07) is 14.9. The van der Waals surface area contributed by atoms with Crippen molar-refractivity contribution in [2.75, 3.05) is 0 Å². The molecule has 1 heterocycles. The number of rotatable bonds is 5. The zero-order valence-corrected chi connectivity index (χ0v) is 13.9. The van der Waals surface area contributed by atoms with Crippen LogP contribution in [0.3, 0.4) is 0 Å². The van der Waals surface area contributed by atoms with Gasteiger partial charge in [-0.3, -0.25) is 9.36 Å². The molecule has 1 amide bonds. The summed E-state index contributed by atoms with van der Waals surface area (Å²) in [6.45, 7) is 0.749. The first-order chi connectivity index (χ1) is 11.1. The number of oxazole rings is 1. The highest BCUT2D eigenvalue weighted by Crippen LogP contribution is 2.13. The van der Waals surface area contributed by atoms with Gasteiger partial charge in [-0.2, -0.15) is 0 Å². The Labute approximate surface area is 141 Å². The first kappa shape index (κ1) is 15.6. The van der Waals surface area contributed by atoms with Crippen molar-refractivity contribution in [3.8, 4) is 0 Å². The third-order valence-electron chi connectivity index (χ3n) is 3.51. The van der Waals surface area contributed by atoms with Crippen molar-refractivity contribution in [1.82, 2.24) is 9.88 Å². The van der Waals surface area contributed by atoms with Crippen LogP contribution >= 0.6 is 15.9 Å². The highest BCUT2D eigenvalue weighted by atomic mass is 79.9. The Morgan fingerprint density at radius 1 is 1.17 bits per heavy atom. The Balaban J connectivity index is 1.60. The summed E-state index contributed by atoms with van der Waals surface area (Å²) in [5.74, 6) is -0.548. The summed E-state index contributed by atoms with van der Waals surface area (Å²) in [4.78, 5) is 23.8. The van der Waals surface area contributed by atoms with Crippen LogP contribution in [-0.4, -0.2) is 10.5 Å². The lowest BCUT2D eigenvalue weighted by Gasteiger charge is -2.06. The zero-order valence-electron chi connectivity index (χ0n) is 12.3. The minimum Gasteiger partial charge on any atom is -0.408 e. The molecule has 0 unspecified atom stereocenters. The van der Waals surface area contributed by atoms with E-state index in [2.05, 4.69) is 21.2 Å². The molecule has 23 heavy (non-hydrogen) atoms. The van der Waals surface area contributed by atoms with Crippen molar-refractivity contribution in [1.29, 1.82) is 0 Å². The van der Waals surface area contributed by atoms with E-state index in [4.69, 9.17) is 4.42 Å². The van der Waals surface area contributed by atoms with Crippen molar-refractivity contribution in [2.45, 2.75) is 19.5 Å². The molecule has 6 heteroatoms. The molecule has 0 aliphatic carbocycles.